The Morgan fingerprint density at radius 3 is 2.79 bits per heavy atom. The number of Topliss-reactive ketones (excluding diaryl/α,β-unsaturated/α-hetero) is 1. The SMILES string of the molecule is CCCCOC(=O)C1=C(N)OC2=C(C(=O)CCC2)[C@@]12C(=O)N(C)c1ccccc12. The van der Waals surface area contributed by atoms with Crippen LogP contribution in [0.3, 0.4) is 0 Å². The van der Waals surface area contributed by atoms with Crippen LogP contribution in [0.25, 0.3) is 0 Å². The maximum Gasteiger partial charge on any atom is 0.341 e. The van der Waals surface area contributed by atoms with E-state index < -0.39 is 17.3 Å². The van der Waals surface area contributed by atoms with Crippen molar-refractivity contribution in [1.29, 1.82) is 0 Å². The van der Waals surface area contributed by atoms with Crippen molar-refractivity contribution in [3.05, 3.63) is 52.6 Å². The highest BCUT2D eigenvalue weighted by Crippen LogP contribution is 2.55. The number of fused-ring (bicyclic) bond motifs is 3. The molecule has 2 heterocycles. The number of allylic oxidation sites excluding steroid dienone is 1. The van der Waals surface area contributed by atoms with E-state index in [9.17, 15) is 14.4 Å². The second kappa shape index (κ2) is 7.06. The number of rotatable bonds is 4. The van der Waals surface area contributed by atoms with E-state index >= 15 is 0 Å². The summed E-state index contributed by atoms with van der Waals surface area (Å²) >= 11 is 0. The number of nitrogens with zero attached hydrogens (tertiary/aromatic N) is 1. The first-order valence-corrected chi connectivity index (χ1v) is 9.94. The van der Waals surface area contributed by atoms with E-state index in [1.807, 2.05) is 13.0 Å². The summed E-state index contributed by atoms with van der Waals surface area (Å²) in [5.74, 6) is -1.11. The van der Waals surface area contributed by atoms with E-state index in [0.717, 1.165) is 6.42 Å². The highest BCUT2D eigenvalue weighted by molar-refractivity contribution is 6.23. The van der Waals surface area contributed by atoms with Gasteiger partial charge in [0.25, 0.3) is 0 Å². The fourth-order valence-electron chi connectivity index (χ4n) is 4.51. The lowest BCUT2D eigenvalue weighted by Crippen LogP contribution is -2.50. The van der Waals surface area contributed by atoms with Crippen LogP contribution in [0.15, 0.2) is 47.1 Å². The summed E-state index contributed by atoms with van der Waals surface area (Å²) in [5, 5.41) is 0. The lowest BCUT2D eigenvalue weighted by atomic mass is 9.64. The second-order valence-corrected chi connectivity index (χ2v) is 7.54. The number of benzene rings is 1. The highest BCUT2D eigenvalue weighted by Gasteiger charge is 2.63. The van der Waals surface area contributed by atoms with E-state index in [0.29, 0.717) is 42.7 Å². The summed E-state index contributed by atoms with van der Waals surface area (Å²) in [5.41, 5.74) is 5.90. The van der Waals surface area contributed by atoms with Gasteiger partial charge in [0.1, 0.15) is 16.7 Å². The number of ketones is 1. The minimum absolute atomic E-state index is 0.0931. The number of hydrogen-bond acceptors (Lipinski definition) is 6. The quantitative estimate of drug-likeness (QED) is 0.620. The molecule has 1 atom stereocenters. The van der Waals surface area contributed by atoms with Gasteiger partial charge in [0, 0.05) is 31.1 Å². The van der Waals surface area contributed by atoms with Crippen molar-refractivity contribution in [3.8, 4) is 0 Å². The number of hydrogen-bond donors (Lipinski definition) is 1. The second-order valence-electron chi connectivity index (χ2n) is 7.54. The Hall–Kier alpha value is -3.09. The first kappa shape index (κ1) is 19.2. The molecule has 1 amide bonds. The smallest absolute Gasteiger partial charge is 0.341 e. The van der Waals surface area contributed by atoms with Crippen LogP contribution in [0.2, 0.25) is 0 Å². The number of carbonyl (C=O) groups is 3. The summed E-state index contributed by atoms with van der Waals surface area (Å²) in [6, 6.07) is 7.15. The molecule has 7 nitrogen and oxygen atoms in total. The summed E-state index contributed by atoms with van der Waals surface area (Å²) in [4.78, 5) is 41.4. The van der Waals surface area contributed by atoms with Crippen molar-refractivity contribution in [1.82, 2.24) is 0 Å². The van der Waals surface area contributed by atoms with Gasteiger partial charge in [-0.1, -0.05) is 31.5 Å². The van der Waals surface area contributed by atoms with Crippen LogP contribution in [0.1, 0.15) is 44.6 Å². The minimum Gasteiger partial charge on any atom is -0.462 e. The molecule has 4 rings (SSSR count). The third-order valence-corrected chi connectivity index (χ3v) is 5.82. The number of nitrogens with two attached hydrogens (primary N) is 1. The van der Waals surface area contributed by atoms with E-state index in [1.165, 1.54) is 4.90 Å². The number of anilines is 1. The lowest BCUT2D eigenvalue weighted by molar-refractivity contribution is -0.141. The van der Waals surface area contributed by atoms with Crippen molar-refractivity contribution in [3.63, 3.8) is 0 Å². The largest absolute Gasteiger partial charge is 0.462 e. The zero-order valence-corrected chi connectivity index (χ0v) is 16.6. The van der Waals surface area contributed by atoms with Gasteiger partial charge in [-0.2, -0.15) is 0 Å². The van der Waals surface area contributed by atoms with E-state index in [4.69, 9.17) is 15.2 Å². The predicted octanol–water partition coefficient (Wildman–Crippen LogP) is 2.45. The number of likely N-dealkylation sites (N-methyl/N-ethyl adjacent to an activating group) is 1. The van der Waals surface area contributed by atoms with Gasteiger partial charge in [-0.15, -0.1) is 0 Å². The number of para-hydroxylation sites is 1. The molecule has 29 heavy (non-hydrogen) atoms. The third kappa shape index (κ3) is 2.60. The van der Waals surface area contributed by atoms with Gasteiger partial charge >= 0.3 is 5.97 Å². The Kier molecular flexibility index (Phi) is 4.68. The van der Waals surface area contributed by atoms with Crippen molar-refractivity contribution >= 4 is 23.3 Å². The van der Waals surface area contributed by atoms with Crippen LogP contribution < -0.4 is 10.6 Å². The summed E-state index contributed by atoms with van der Waals surface area (Å²) in [6.45, 7) is 2.18. The average Bonchev–Trinajstić information content (AvgIpc) is 2.91. The Balaban J connectivity index is 1.98. The molecule has 3 aliphatic rings. The van der Waals surface area contributed by atoms with Crippen molar-refractivity contribution in [2.75, 3.05) is 18.6 Å². The van der Waals surface area contributed by atoms with E-state index in [1.54, 1.807) is 25.2 Å². The van der Waals surface area contributed by atoms with E-state index in [2.05, 4.69) is 0 Å². The highest BCUT2D eigenvalue weighted by atomic mass is 16.5. The fourth-order valence-corrected chi connectivity index (χ4v) is 4.51. The average molecular weight is 396 g/mol. The Morgan fingerprint density at radius 1 is 1.28 bits per heavy atom. The molecular weight excluding hydrogens is 372 g/mol. The van der Waals surface area contributed by atoms with Gasteiger partial charge in [0.15, 0.2) is 5.78 Å². The predicted molar refractivity (Wildman–Crippen MR) is 106 cm³/mol. The lowest BCUT2D eigenvalue weighted by Gasteiger charge is -2.38. The Labute approximate surface area is 169 Å². The Morgan fingerprint density at radius 2 is 2.03 bits per heavy atom. The van der Waals surface area contributed by atoms with Crippen molar-refractivity contribution in [2.45, 2.75) is 44.4 Å². The number of carbonyl (C=O) groups excluding carboxylic acids is 3. The molecule has 0 radical (unpaired) electrons. The van der Waals surface area contributed by atoms with Crippen molar-refractivity contribution in [2.24, 2.45) is 5.73 Å². The standard InChI is InChI=1S/C22H24N2O5/c1-3-4-12-28-20(26)18-19(23)29-16-11-7-10-15(25)17(16)22(18)13-8-5-6-9-14(13)24(2)21(22)27/h5-6,8-9H,3-4,7,10-12,23H2,1-2H3/t22-/m1/s1. The third-order valence-electron chi connectivity index (χ3n) is 5.82. The maximum absolute atomic E-state index is 13.7. The molecule has 0 saturated carbocycles. The van der Waals surface area contributed by atoms with Gasteiger partial charge < -0.3 is 20.1 Å². The van der Waals surface area contributed by atoms with Crippen molar-refractivity contribution < 1.29 is 23.9 Å². The van der Waals surface area contributed by atoms with Crippen LogP contribution >= 0.6 is 0 Å². The topological polar surface area (TPSA) is 98.9 Å². The van der Waals surface area contributed by atoms with Crippen LogP contribution in [0, 0.1) is 0 Å². The number of amides is 1. The van der Waals surface area contributed by atoms with E-state index in [-0.39, 0.29) is 29.4 Å². The molecule has 7 heteroatoms. The van der Waals surface area contributed by atoms with Gasteiger partial charge in [-0.25, -0.2) is 4.79 Å². The molecule has 2 aliphatic heterocycles. The van der Waals surface area contributed by atoms with Gasteiger partial charge in [0.05, 0.1) is 12.2 Å². The van der Waals surface area contributed by atoms with Gasteiger partial charge in [0.2, 0.25) is 11.8 Å². The number of unbranched alkanes of at least 4 members (excludes halogenated alkanes) is 1. The normalized spacial score (nSPS) is 23.3. The zero-order chi connectivity index (χ0) is 20.8. The van der Waals surface area contributed by atoms with Gasteiger partial charge in [-0.05, 0) is 18.9 Å². The molecule has 152 valence electrons. The molecule has 0 fully saturated rings. The fraction of sp³-hybridized carbons (Fsp3) is 0.409. The van der Waals surface area contributed by atoms with Crippen LogP contribution in [-0.2, 0) is 29.3 Å². The summed E-state index contributed by atoms with van der Waals surface area (Å²) in [6.07, 6.45) is 2.93. The molecule has 2 N–H and O–H groups in total. The first-order chi connectivity index (χ1) is 13.9. The molecule has 0 unspecified atom stereocenters. The Bertz CT molecular complexity index is 977. The molecule has 1 aliphatic carbocycles. The first-order valence-electron chi connectivity index (χ1n) is 9.94. The molecule has 0 aromatic heterocycles. The molecule has 0 bridgehead atoms. The molecule has 1 spiro atoms. The summed E-state index contributed by atoms with van der Waals surface area (Å²) < 4.78 is 11.2. The monoisotopic (exact) mass is 396 g/mol. The minimum atomic E-state index is -1.62. The molecule has 1 aromatic rings. The van der Waals surface area contributed by atoms with Crippen LogP contribution in [-0.4, -0.2) is 31.3 Å². The van der Waals surface area contributed by atoms with Gasteiger partial charge in [-0.3, -0.25) is 9.59 Å². The number of ether oxygens (including phenoxy) is 2. The maximum atomic E-state index is 13.7. The number of esters is 1. The zero-order valence-electron chi connectivity index (χ0n) is 16.6. The molecule has 0 saturated heterocycles. The van der Waals surface area contributed by atoms with Crippen LogP contribution in [0.4, 0.5) is 5.69 Å². The molecular formula is C22H24N2O5. The summed E-state index contributed by atoms with van der Waals surface area (Å²) in [7, 11) is 1.63. The molecule has 1 aromatic carbocycles. The van der Waals surface area contributed by atoms with Crippen LogP contribution in [0.5, 0.6) is 0 Å².